The Morgan fingerprint density at radius 1 is 1.00 bits per heavy atom. The van der Waals surface area contributed by atoms with Crippen molar-refractivity contribution in [3.8, 4) is 17.2 Å². The summed E-state index contributed by atoms with van der Waals surface area (Å²) in [5.41, 5.74) is 5.16. The fourth-order valence-corrected chi connectivity index (χ4v) is 4.53. The Bertz CT molecular complexity index is 1180. The normalized spacial score (nSPS) is 14.7. The Hall–Kier alpha value is -2.57. The summed E-state index contributed by atoms with van der Waals surface area (Å²) in [5.74, 6) is 0.551. The lowest BCUT2D eigenvalue weighted by Gasteiger charge is -2.29. The number of piperidine rings is 1. The highest BCUT2D eigenvalue weighted by Crippen LogP contribution is 2.44. The number of nitrogens with one attached hydrogen (secondary N) is 1. The van der Waals surface area contributed by atoms with Crippen molar-refractivity contribution in [2.45, 2.75) is 26.2 Å². The largest absolute Gasteiger partial charge is 0.369 e. The van der Waals surface area contributed by atoms with Gasteiger partial charge in [-0.1, -0.05) is 35.3 Å². The van der Waals surface area contributed by atoms with Crippen LogP contribution in [0, 0.1) is 6.92 Å². The highest BCUT2D eigenvalue weighted by Gasteiger charge is 2.28. The average molecular weight is 427 g/mol. The predicted molar refractivity (Wildman–Crippen MR) is 117 cm³/mol. The van der Waals surface area contributed by atoms with Gasteiger partial charge in [0.25, 0.3) is 0 Å². The van der Waals surface area contributed by atoms with Crippen LogP contribution in [0.1, 0.15) is 24.8 Å². The number of fused-ring (bicyclic) bond motifs is 1. The van der Waals surface area contributed by atoms with Crippen molar-refractivity contribution >= 4 is 39.8 Å². The zero-order valence-electron chi connectivity index (χ0n) is 16.0. The van der Waals surface area contributed by atoms with Gasteiger partial charge in [-0.2, -0.15) is 5.21 Å². The Morgan fingerprint density at radius 3 is 2.52 bits per heavy atom. The number of anilines is 1. The lowest BCUT2D eigenvalue weighted by Crippen LogP contribution is -2.29. The molecule has 3 heterocycles. The molecular weight excluding hydrogens is 407 g/mol. The first kappa shape index (κ1) is 18.5. The van der Waals surface area contributed by atoms with E-state index in [0.29, 0.717) is 15.9 Å². The molecule has 1 aliphatic rings. The van der Waals surface area contributed by atoms with Crippen molar-refractivity contribution in [3.63, 3.8) is 0 Å². The molecule has 0 radical (unpaired) electrons. The van der Waals surface area contributed by atoms with Crippen molar-refractivity contribution < 1.29 is 0 Å². The van der Waals surface area contributed by atoms with Crippen LogP contribution in [0.5, 0.6) is 0 Å². The molecule has 8 heteroatoms. The van der Waals surface area contributed by atoms with Gasteiger partial charge < -0.3 is 9.47 Å². The maximum absolute atomic E-state index is 6.45. The number of H-pyrrole nitrogens is 1. The molecule has 5 rings (SSSR count). The summed E-state index contributed by atoms with van der Waals surface area (Å²) < 4.78 is 2.17. The molecule has 2 aromatic heterocycles. The lowest BCUT2D eigenvalue weighted by molar-refractivity contribution is 0.579. The summed E-state index contributed by atoms with van der Waals surface area (Å²) in [4.78, 5) is 2.41. The van der Waals surface area contributed by atoms with Gasteiger partial charge in [-0.25, -0.2) is 0 Å². The van der Waals surface area contributed by atoms with Gasteiger partial charge in [-0.05, 0) is 61.2 Å². The van der Waals surface area contributed by atoms with E-state index in [4.69, 9.17) is 23.2 Å². The molecule has 0 atom stereocenters. The maximum atomic E-state index is 6.45. The van der Waals surface area contributed by atoms with Crippen LogP contribution < -0.4 is 4.90 Å². The topological polar surface area (TPSA) is 62.6 Å². The van der Waals surface area contributed by atoms with E-state index in [9.17, 15) is 0 Å². The smallest absolute Gasteiger partial charge is 0.223 e. The van der Waals surface area contributed by atoms with Crippen LogP contribution in [0.15, 0.2) is 36.4 Å². The molecule has 0 unspecified atom stereocenters. The number of nitrogens with zero attached hydrogens (tertiary/aromatic N) is 5. The summed E-state index contributed by atoms with van der Waals surface area (Å²) in [6, 6.07) is 12.2. The molecule has 148 valence electrons. The van der Waals surface area contributed by atoms with Gasteiger partial charge in [0.2, 0.25) is 5.82 Å². The molecule has 0 spiro atoms. The second-order valence-corrected chi connectivity index (χ2v) is 8.25. The fraction of sp³-hybridized carbons (Fsp3) is 0.286. The van der Waals surface area contributed by atoms with Crippen LogP contribution in [0.2, 0.25) is 10.0 Å². The van der Waals surface area contributed by atoms with E-state index in [2.05, 4.69) is 61.3 Å². The third-order valence-electron chi connectivity index (χ3n) is 5.47. The number of hydrogen-bond donors (Lipinski definition) is 1. The third-order valence-corrected chi connectivity index (χ3v) is 6.19. The van der Waals surface area contributed by atoms with Crippen LogP contribution in [-0.4, -0.2) is 38.3 Å². The predicted octanol–water partition coefficient (Wildman–Crippen LogP) is 5.42. The molecule has 1 aliphatic heterocycles. The molecule has 0 aliphatic carbocycles. The van der Waals surface area contributed by atoms with E-state index in [0.717, 1.165) is 53.9 Å². The number of aromatic amines is 1. The first-order valence-electron chi connectivity index (χ1n) is 9.73. The minimum Gasteiger partial charge on any atom is -0.369 e. The van der Waals surface area contributed by atoms with Crippen LogP contribution in [0.3, 0.4) is 0 Å². The van der Waals surface area contributed by atoms with E-state index in [1.54, 1.807) is 0 Å². The third kappa shape index (κ3) is 3.16. The second kappa shape index (κ2) is 7.35. The van der Waals surface area contributed by atoms with Gasteiger partial charge in [-0.15, -0.1) is 10.2 Å². The van der Waals surface area contributed by atoms with Gasteiger partial charge in [0.15, 0.2) is 0 Å². The zero-order chi connectivity index (χ0) is 20.0. The van der Waals surface area contributed by atoms with E-state index in [1.165, 1.54) is 12.0 Å². The number of aryl methyl sites for hydroxylation is 1. The number of benzene rings is 2. The lowest BCUT2D eigenvalue weighted by atomic mass is 10.1. The number of aromatic nitrogens is 5. The van der Waals surface area contributed by atoms with Crippen LogP contribution >= 0.6 is 23.2 Å². The number of tetrazole rings is 1. The summed E-state index contributed by atoms with van der Waals surface area (Å²) in [6.45, 7) is 4.05. The zero-order valence-corrected chi connectivity index (χ0v) is 17.5. The number of rotatable bonds is 3. The van der Waals surface area contributed by atoms with Crippen LogP contribution in [0.4, 0.5) is 5.69 Å². The average Bonchev–Trinajstić information content (AvgIpc) is 3.35. The molecule has 1 saturated heterocycles. The molecule has 6 nitrogen and oxygen atoms in total. The van der Waals surface area contributed by atoms with E-state index in [-0.39, 0.29) is 0 Å². The summed E-state index contributed by atoms with van der Waals surface area (Å²) in [5, 5.41) is 17.2. The molecule has 1 N–H and O–H groups in total. The Morgan fingerprint density at radius 2 is 1.79 bits per heavy atom. The van der Waals surface area contributed by atoms with Crippen molar-refractivity contribution in [2.75, 3.05) is 18.0 Å². The Kier molecular flexibility index (Phi) is 4.68. The van der Waals surface area contributed by atoms with Crippen LogP contribution in [-0.2, 0) is 0 Å². The van der Waals surface area contributed by atoms with Gasteiger partial charge in [0, 0.05) is 24.2 Å². The van der Waals surface area contributed by atoms with Gasteiger partial charge >= 0.3 is 0 Å². The van der Waals surface area contributed by atoms with Crippen molar-refractivity contribution in [2.24, 2.45) is 0 Å². The molecule has 0 saturated carbocycles. The van der Waals surface area contributed by atoms with Crippen molar-refractivity contribution in [1.29, 1.82) is 0 Å². The fourth-order valence-electron chi connectivity index (χ4n) is 4.21. The standard InChI is InChI=1S/C21H20Cl2N6/c1-13-6-5-7-14(10-13)29-18-12-17(23)16(22)11-15(18)19(28-8-3-2-4-9-28)20(29)21-24-26-27-25-21/h5-7,10-12H,2-4,8-9H2,1H3,(H,24,25,26,27). The molecule has 2 aromatic carbocycles. The Balaban J connectivity index is 1.91. The highest BCUT2D eigenvalue weighted by molar-refractivity contribution is 6.43. The van der Waals surface area contributed by atoms with Gasteiger partial charge in [0.1, 0.15) is 5.69 Å². The highest BCUT2D eigenvalue weighted by atomic mass is 35.5. The number of halogens is 2. The quantitative estimate of drug-likeness (QED) is 0.475. The van der Waals surface area contributed by atoms with E-state index < -0.39 is 0 Å². The van der Waals surface area contributed by atoms with Gasteiger partial charge in [-0.3, -0.25) is 0 Å². The van der Waals surface area contributed by atoms with Gasteiger partial charge in [0.05, 0.1) is 21.2 Å². The molecule has 4 aromatic rings. The SMILES string of the molecule is Cc1cccc(-n2c(-c3nn[nH]n3)c(N3CCCCC3)c3cc(Cl)c(Cl)cc32)c1. The second-order valence-electron chi connectivity index (χ2n) is 7.44. The molecule has 0 amide bonds. The molecule has 29 heavy (non-hydrogen) atoms. The minimum atomic E-state index is 0.524. The summed E-state index contributed by atoms with van der Waals surface area (Å²) in [6.07, 6.45) is 3.56. The molecule has 0 bridgehead atoms. The molecular formula is C21H20Cl2N6. The van der Waals surface area contributed by atoms with E-state index >= 15 is 0 Å². The number of hydrogen-bond acceptors (Lipinski definition) is 4. The Labute approximate surface area is 178 Å². The monoisotopic (exact) mass is 426 g/mol. The first-order chi connectivity index (χ1) is 14.1. The van der Waals surface area contributed by atoms with Crippen molar-refractivity contribution in [1.82, 2.24) is 25.2 Å². The van der Waals surface area contributed by atoms with Crippen molar-refractivity contribution in [3.05, 3.63) is 52.0 Å². The van der Waals surface area contributed by atoms with E-state index in [1.807, 2.05) is 12.1 Å². The summed E-state index contributed by atoms with van der Waals surface area (Å²) in [7, 11) is 0. The minimum absolute atomic E-state index is 0.524. The molecule has 1 fully saturated rings. The maximum Gasteiger partial charge on any atom is 0.223 e. The first-order valence-corrected chi connectivity index (χ1v) is 10.5. The summed E-state index contributed by atoms with van der Waals surface area (Å²) >= 11 is 12.9. The van der Waals surface area contributed by atoms with Crippen LogP contribution in [0.25, 0.3) is 28.1 Å².